The van der Waals surface area contributed by atoms with Crippen LogP contribution in [0.25, 0.3) is 10.9 Å². The molecule has 1 aliphatic heterocycles. The number of aromatic nitrogens is 1. The number of halogens is 6. The number of likely N-dealkylation sites (tertiary alicyclic amines) is 1. The first-order valence-electron chi connectivity index (χ1n) is 13.2. The van der Waals surface area contributed by atoms with Gasteiger partial charge in [0.05, 0.1) is 16.5 Å². The first-order valence-corrected chi connectivity index (χ1v) is 13.2. The van der Waals surface area contributed by atoms with Crippen molar-refractivity contribution in [3.63, 3.8) is 0 Å². The van der Waals surface area contributed by atoms with Crippen molar-refractivity contribution < 1.29 is 31.1 Å². The molecule has 1 saturated carbocycles. The number of aromatic amines is 1. The smallest absolute Gasteiger partial charge is 0.352 e. The van der Waals surface area contributed by atoms with E-state index in [-0.39, 0.29) is 23.1 Å². The summed E-state index contributed by atoms with van der Waals surface area (Å²) in [6.45, 7) is 1.44. The first-order chi connectivity index (χ1) is 18.8. The zero-order valence-corrected chi connectivity index (χ0v) is 21.6. The van der Waals surface area contributed by atoms with Gasteiger partial charge >= 0.3 is 12.4 Å². The molecule has 5 nitrogen and oxygen atoms in total. The van der Waals surface area contributed by atoms with E-state index in [0.717, 1.165) is 29.3 Å². The number of rotatable bonds is 7. The van der Waals surface area contributed by atoms with Crippen LogP contribution in [0.5, 0.6) is 0 Å². The minimum absolute atomic E-state index is 0.0861. The summed E-state index contributed by atoms with van der Waals surface area (Å²) in [5.74, 6) is 0.0771. The molecule has 2 aliphatic rings. The van der Waals surface area contributed by atoms with Crippen molar-refractivity contribution in [1.29, 1.82) is 0 Å². The molecule has 2 heterocycles. The predicted molar refractivity (Wildman–Crippen MR) is 137 cm³/mol. The Morgan fingerprint density at radius 2 is 1.52 bits per heavy atom. The molecule has 1 saturated heterocycles. The molecule has 2 aromatic carbocycles. The number of carbonyl (C=O) groups excluding carboxylic acids is 1. The van der Waals surface area contributed by atoms with Crippen LogP contribution in [-0.4, -0.2) is 28.9 Å². The van der Waals surface area contributed by atoms with E-state index in [0.29, 0.717) is 56.9 Å². The number of piperidine rings is 1. The lowest BCUT2D eigenvalue weighted by atomic mass is 9.73. The summed E-state index contributed by atoms with van der Waals surface area (Å²) in [5, 5.41) is 3.59. The molecular formula is C29H29F6N3O2. The number of benzene rings is 2. The average molecular weight is 566 g/mol. The quantitative estimate of drug-likeness (QED) is 0.332. The van der Waals surface area contributed by atoms with Crippen molar-refractivity contribution in [2.24, 2.45) is 11.3 Å². The minimum Gasteiger partial charge on any atom is -0.352 e. The summed E-state index contributed by atoms with van der Waals surface area (Å²) < 4.78 is 79.5. The molecule has 5 rings (SSSR count). The lowest BCUT2D eigenvalue weighted by Crippen LogP contribution is -2.48. The number of H-pyrrole nitrogens is 1. The molecule has 214 valence electrons. The molecule has 1 aromatic heterocycles. The highest BCUT2D eigenvalue weighted by atomic mass is 19.4. The zero-order valence-electron chi connectivity index (χ0n) is 21.6. The molecule has 0 unspecified atom stereocenters. The Bertz CT molecular complexity index is 1420. The Morgan fingerprint density at radius 1 is 0.900 bits per heavy atom. The Morgan fingerprint density at radius 3 is 2.12 bits per heavy atom. The molecule has 1 aliphatic carbocycles. The number of nitrogens with zero attached hydrogens (tertiary/aromatic N) is 1. The Hall–Kier alpha value is -3.34. The van der Waals surface area contributed by atoms with Crippen molar-refractivity contribution in [3.8, 4) is 0 Å². The molecule has 2 fully saturated rings. The predicted octanol–water partition coefficient (Wildman–Crippen LogP) is 6.26. The number of carbonyl (C=O) groups is 1. The van der Waals surface area contributed by atoms with Crippen LogP contribution in [0.4, 0.5) is 26.3 Å². The van der Waals surface area contributed by atoms with Crippen molar-refractivity contribution in [3.05, 3.63) is 81.1 Å². The number of amides is 1. The van der Waals surface area contributed by atoms with E-state index in [4.69, 9.17) is 0 Å². The highest BCUT2D eigenvalue weighted by Crippen LogP contribution is 2.46. The summed E-state index contributed by atoms with van der Waals surface area (Å²) >= 11 is 0. The van der Waals surface area contributed by atoms with Crippen LogP contribution in [0.2, 0.25) is 0 Å². The van der Waals surface area contributed by atoms with Crippen molar-refractivity contribution in [2.45, 2.75) is 57.5 Å². The number of nitrogens with one attached hydrogen (secondary N) is 2. The highest BCUT2D eigenvalue weighted by molar-refractivity contribution is 5.83. The van der Waals surface area contributed by atoms with Crippen LogP contribution >= 0.6 is 0 Å². The number of pyridine rings is 1. The maximum atomic E-state index is 13.5. The van der Waals surface area contributed by atoms with E-state index in [1.165, 1.54) is 6.07 Å². The third-order valence-corrected chi connectivity index (χ3v) is 7.97. The number of fused-ring (bicyclic) bond motifs is 1. The molecule has 3 aromatic rings. The lowest BCUT2D eigenvalue weighted by molar-refractivity contribution is -0.143. The van der Waals surface area contributed by atoms with Gasteiger partial charge < -0.3 is 10.3 Å². The first kappa shape index (κ1) is 28.2. The van der Waals surface area contributed by atoms with Gasteiger partial charge in [-0.05, 0) is 85.1 Å². The highest BCUT2D eigenvalue weighted by Gasteiger charge is 2.45. The van der Waals surface area contributed by atoms with Crippen molar-refractivity contribution in [2.75, 3.05) is 13.1 Å². The largest absolute Gasteiger partial charge is 0.416 e. The standard InChI is InChI=1S/C29H29F6N3O2/c30-28(31,32)22-11-20(12-23(14-22)29(33,34)35)16-36-26(40)27(15-18-1-2-18)7-9-38(10-8-27)17-19-3-4-21-5-6-25(39)37-24(21)13-19/h3-6,11-14,18H,1-2,7-10,15-17H2,(H,36,40)(H,37,39). The van der Waals surface area contributed by atoms with Gasteiger partial charge in [-0.25, -0.2) is 0 Å². The SMILES string of the molecule is O=C(NCc1cc(C(F)(F)F)cc(C(F)(F)F)c1)C1(CC2CC2)CCN(Cc2ccc3ccc(=O)[nH]c3c2)CC1. The van der Waals surface area contributed by atoms with Crippen LogP contribution in [0, 0.1) is 11.3 Å². The van der Waals surface area contributed by atoms with Gasteiger partial charge in [0.1, 0.15) is 0 Å². The van der Waals surface area contributed by atoms with Gasteiger partial charge in [-0.1, -0.05) is 25.0 Å². The second kappa shape index (κ2) is 10.6. The van der Waals surface area contributed by atoms with Crippen molar-refractivity contribution in [1.82, 2.24) is 15.2 Å². The second-order valence-electron chi connectivity index (χ2n) is 11.0. The van der Waals surface area contributed by atoms with E-state index >= 15 is 0 Å². The summed E-state index contributed by atoms with van der Waals surface area (Å²) in [5.41, 5.74) is -2.19. The third kappa shape index (κ3) is 6.51. The zero-order chi connectivity index (χ0) is 28.7. The summed E-state index contributed by atoms with van der Waals surface area (Å²) in [6, 6.07) is 10.5. The molecule has 0 radical (unpaired) electrons. The maximum Gasteiger partial charge on any atom is 0.416 e. The van der Waals surface area contributed by atoms with E-state index in [1.807, 2.05) is 18.2 Å². The van der Waals surface area contributed by atoms with Crippen LogP contribution < -0.4 is 10.9 Å². The monoisotopic (exact) mass is 565 g/mol. The van der Waals surface area contributed by atoms with Gasteiger partial charge in [-0.15, -0.1) is 0 Å². The van der Waals surface area contributed by atoms with Gasteiger partial charge in [0.2, 0.25) is 11.5 Å². The molecule has 40 heavy (non-hydrogen) atoms. The van der Waals surface area contributed by atoms with Crippen LogP contribution in [-0.2, 0) is 30.2 Å². The Labute approximate surface area is 226 Å². The summed E-state index contributed by atoms with van der Waals surface area (Å²) in [4.78, 5) is 30.2. The molecule has 11 heteroatoms. The number of alkyl halides is 6. The molecule has 0 spiro atoms. The van der Waals surface area contributed by atoms with Gasteiger partial charge in [0, 0.05) is 24.7 Å². The Kier molecular flexibility index (Phi) is 7.45. The van der Waals surface area contributed by atoms with E-state index in [9.17, 15) is 35.9 Å². The lowest BCUT2D eigenvalue weighted by Gasteiger charge is -2.41. The number of hydrogen-bond acceptors (Lipinski definition) is 3. The maximum absolute atomic E-state index is 13.5. The average Bonchev–Trinajstić information content (AvgIpc) is 3.71. The fourth-order valence-corrected chi connectivity index (χ4v) is 5.58. The topological polar surface area (TPSA) is 65.2 Å². The van der Waals surface area contributed by atoms with Gasteiger partial charge in [0.15, 0.2) is 0 Å². The van der Waals surface area contributed by atoms with E-state index in [1.54, 1.807) is 6.07 Å². The molecule has 0 atom stereocenters. The van der Waals surface area contributed by atoms with Crippen LogP contribution in [0.15, 0.2) is 53.3 Å². The molecule has 2 N–H and O–H groups in total. The summed E-state index contributed by atoms with van der Waals surface area (Å²) in [7, 11) is 0. The van der Waals surface area contributed by atoms with E-state index in [2.05, 4.69) is 15.2 Å². The van der Waals surface area contributed by atoms with Gasteiger partial charge in [-0.2, -0.15) is 26.3 Å². The summed E-state index contributed by atoms with van der Waals surface area (Å²) in [6.07, 6.45) is -6.14. The fraction of sp³-hybridized carbons (Fsp3) is 0.448. The molecule has 0 bridgehead atoms. The molecular weight excluding hydrogens is 536 g/mol. The van der Waals surface area contributed by atoms with Gasteiger partial charge in [-0.3, -0.25) is 14.5 Å². The van der Waals surface area contributed by atoms with E-state index < -0.39 is 35.4 Å². The third-order valence-electron chi connectivity index (χ3n) is 7.97. The van der Waals surface area contributed by atoms with Crippen molar-refractivity contribution >= 4 is 16.8 Å². The van der Waals surface area contributed by atoms with Crippen LogP contribution in [0.3, 0.4) is 0 Å². The van der Waals surface area contributed by atoms with Crippen LogP contribution in [0.1, 0.15) is 54.4 Å². The number of hydrogen-bond donors (Lipinski definition) is 2. The normalized spacial score (nSPS) is 18.1. The Balaban J connectivity index is 1.27. The minimum atomic E-state index is -4.94. The van der Waals surface area contributed by atoms with Gasteiger partial charge in [0.25, 0.3) is 0 Å². The second-order valence-corrected chi connectivity index (χ2v) is 11.0. The fourth-order valence-electron chi connectivity index (χ4n) is 5.58. The molecule has 1 amide bonds.